The van der Waals surface area contributed by atoms with Crippen molar-refractivity contribution in [3.8, 4) is 12.3 Å². The molecule has 1 aromatic rings. The van der Waals surface area contributed by atoms with Gasteiger partial charge in [0.15, 0.2) is 0 Å². The van der Waals surface area contributed by atoms with E-state index in [0.29, 0.717) is 11.8 Å². The smallest absolute Gasteiger partial charge is 0.0280 e. The third kappa shape index (κ3) is 3.89. The van der Waals surface area contributed by atoms with Crippen LogP contribution in [0.25, 0.3) is 0 Å². The van der Waals surface area contributed by atoms with Crippen molar-refractivity contribution < 1.29 is 0 Å². The van der Waals surface area contributed by atoms with Crippen molar-refractivity contribution in [2.24, 2.45) is 5.92 Å². The summed E-state index contributed by atoms with van der Waals surface area (Å²) < 4.78 is 0. The molecule has 20 heavy (non-hydrogen) atoms. The predicted octanol–water partition coefficient (Wildman–Crippen LogP) is 6.03. The second-order valence-electron chi connectivity index (χ2n) is 6.53. The molecule has 0 fully saturated rings. The van der Waals surface area contributed by atoms with Gasteiger partial charge in [0, 0.05) is 5.56 Å². The van der Waals surface area contributed by atoms with Crippen LogP contribution in [0.5, 0.6) is 0 Å². The van der Waals surface area contributed by atoms with Gasteiger partial charge in [0.2, 0.25) is 0 Å². The molecule has 0 heteroatoms. The zero-order valence-electron chi connectivity index (χ0n) is 14.1. The largest absolute Gasteiger partial charge is 0.115 e. The Balaban J connectivity index is 3.02. The molecule has 0 radical (unpaired) electrons. The second-order valence-corrected chi connectivity index (χ2v) is 6.53. The van der Waals surface area contributed by atoms with Crippen LogP contribution in [0.1, 0.15) is 88.0 Å². The van der Waals surface area contributed by atoms with Gasteiger partial charge in [-0.3, -0.25) is 0 Å². The summed E-state index contributed by atoms with van der Waals surface area (Å²) in [7, 11) is 0. The summed E-state index contributed by atoms with van der Waals surface area (Å²) in [6.07, 6.45) is 9.50. The van der Waals surface area contributed by atoms with Crippen LogP contribution in [0.3, 0.4) is 0 Å². The van der Waals surface area contributed by atoms with Gasteiger partial charge in [-0.2, -0.15) is 0 Å². The van der Waals surface area contributed by atoms with Crippen molar-refractivity contribution in [2.45, 2.75) is 72.6 Å². The van der Waals surface area contributed by atoms with Crippen molar-refractivity contribution in [1.82, 2.24) is 0 Å². The molecule has 1 aromatic carbocycles. The minimum Gasteiger partial charge on any atom is -0.115 e. The summed E-state index contributed by atoms with van der Waals surface area (Å²) in [5.41, 5.74) is 5.32. The molecule has 1 rings (SSSR count). The minimum atomic E-state index is 0.489. The van der Waals surface area contributed by atoms with Gasteiger partial charge in [0.25, 0.3) is 0 Å². The first-order valence-corrected chi connectivity index (χ1v) is 8.02. The average Bonchev–Trinajstić information content (AvgIpc) is 2.43. The molecule has 0 aliphatic carbocycles. The van der Waals surface area contributed by atoms with Crippen molar-refractivity contribution in [3.05, 3.63) is 34.4 Å². The molecule has 0 aliphatic heterocycles. The lowest BCUT2D eigenvalue weighted by Crippen LogP contribution is -2.05. The Hall–Kier alpha value is -1.22. The van der Waals surface area contributed by atoms with E-state index in [0.717, 1.165) is 11.5 Å². The number of hydrogen-bond donors (Lipinski definition) is 0. The van der Waals surface area contributed by atoms with E-state index in [-0.39, 0.29) is 0 Å². The molecule has 110 valence electrons. The molecule has 2 atom stereocenters. The molecule has 0 amide bonds. The van der Waals surface area contributed by atoms with Crippen LogP contribution in [-0.4, -0.2) is 0 Å². The molecule has 0 saturated carbocycles. The number of terminal acetylenes is 1. The molecule has 0 N–H and O–H groups in total. The van der Waals surface area contributed by atoms with Crippen molar-refractivity contribution in [2.75, 3.05) is 0 Å². The molecule has 0 nitrogen and oxygen atoms in total. The quantitative estimate of drug-likeness (QED) is 0.554. The highest BCUT2D eigenvalue weighted by Crippen LogP contribution is 2.32. The summed E-state index contributed by atoms with van der Waals surface area (Å²) >= 11 is 0. The molecule has 0 bridgehead atoms. The van der Waals surface area contributed by atoms with E-state index in [4.69, 9.17) is 6.42 Å². The van der Waals surface area contributed by atoms with Crippen molar-refractivity contribution >= 4 is 0 Å². The summed E-state index contributed by atoms with van der Waals surface area (Å²) in [6.45, 7) is 13.7. The first-order chi connectivity index (χ1) is 9.42. The highest BCUT2D eigenvalue weighted by atomic mass is 14.2. The Morgan fingerprint density at radius 1 is 1.10 bits per heavy atom. The van der Waals surface area contributed by atoms with Gasteiger partial charge in [-0.05, 0) is 53.9 Å². The lowest BCUT2D eigenvalue weighted by molar-refractivity contribution is 0.469. The number of rotatable bonds is 6. The zero-order valence-corrected chi connectivity index (χ0v) is 14.1. The van der Waals surface area contributed by atoms with Crippen LogP contribution in [0, 0.1) is 25.2 Å². The van der Waals surface area contributed by atoms with Gasteiger partial charge in [0.1, 0.15) is 0 Å². The fourth-order valence-corrected chi connectivity index (χ4v) is 3.04. The summed E-state index contributed by atoms with van der Waals surface area (Å²) in [6, 6.07) is 4.38. The topological polar surface area (TPSA) is 0 Å². The zero-order chi connectivity index (χ0) is 15.3. The van der Waals surface area contributed by atoms with Gasteiger partial charge >= 0.3 is 0 Å². The van der Waals surface area contributed by atoms with E-state index in [1.54, 1.807) is 0 Å². The maximum absolute atomic E-state index is 5.65. The van der Waals surface area contributed by atoms with Gasteiger partial charge in [-0.25, -0.2) is 0 Å². The minimum absolute atomic E-state index is 0.489. The SMILES string of the molecule is C#Cc1ccc(C(C)CCC(C)CC)c(C)c1C(C)C. The maximum Gasteiger partial charge on any atom is 0.0280 e. The van der Waals surface area contributed by atoms with Crippen LogP contribution < -0.4 is 0 Å². The molecule has 0 saturated heterocycles. The molecular formula is C20H30. The summed E-state index contributed by atoms with van der Waals surface area (Å²) in [5, 5.41) is 0. The highest BCUT2D eigenvalue weighted by molar-refractivity contribution is 5.50. The molecule has 2 unspecified atom stereocenters. The van der Waals surface area contributed by atoms with E-state index in [2.05, 4.69) is 59.6 Å². The molecule has 0 aromatic heterocycles. The van der Waals surface area contributed by atoms with Gasteiger partial charge in [-0.1, -0.05) is 59.4 Å². The fourth-order valence-electron chi connectivity index (χ4n) is 3.04. The Morgan fingerprint density at radius 2 is 1.75 bits per heavy atom. The Bertz CT molecular complexity index is 474. The average molecular weight is 270 g/mol. The second kappa shape index (κ2) is 7.53. The van der Waals surface area contributed by atoms with Crippen molar-refractivity contribution in [1.29, 1.82) is 0 Å². The van der Waals surface area contributed by atoms with E-state index in [1.165, 1.54) is 36.0 Å². The van der Waals surface area contributed by atoms with Crippen LogP contribution in [0.15, 0.2) is 12.1 Å². The van der Waals surface area contributed by atoms with Gasteiger partial charge in [0.05, 0.1) is 0 Å². The Morgan fingerprint density at radius 3 is 2.25 bits per heavy atom. The lowest BCUT2D eigenvalue weighted by Gasteiger charge is -2.21. The first kappa shape index (κ1) is 16.8. The van der Waals surface area contributed by atoms with E-state index >= 15 is 0 Å². The standard InChI is InChI=1S/C20H30/c1-8-15(5)10-11-16(6)19-13-12-18(9-2)20(14(3)4)17(19)7/h2,12-16H,8,10-11H2,1,3-7H3. The molecule has 0 spiro atoms. The van der Waals surface area contributed by atoms with Crippen LogP contribution in [0.2, 0.25) is 0 Å². The third-order valence-electron chi connectivity index (χ3n) is 4.61. The summed E-state index contributed by atoms with van der Waals surface area (Å²) in [4.78, 5) is 0. The Kier molecular flexibility index (Phi) is 6.34. The fraction of sp³-hybridized carbons (Fsp3) is 0.600. The monoisotopic (exact) mass is 270 g/mol. The summed E-state index contributed by atoms with van der Waals surface area (Å²) in [5.74, 6) is 4.78. The van der Waals surface area contributed by atoms with Crippen LogP contribution in [-0.2, 0) is 0 Å². The number of hydrogen-bond acceptors (Lipinski definition) is 0. The number of benzene rings is 1. The molecule has 0 heterocycles. The third-order valence-corrected chi connectivity index (χ3v) is 4.61. The maximum atomic E-state index is 5.65. The molecular weight excluding hydrogens is 240 g/mol. The van der Waals surface area contributed by atoms with Gasteiger partial charge in [-0.15, -0.1) is 6.42 Å². The van der Waals surface area contributed by atoms with Crippen molar-refractivity contribution in [3.63, 3.8) is 0 Å². The predicted molar refractivity (Wildman–Crippen MR) is 90.3 cm³/mol. The van der Waals surface area contributed by atoms with E-state index in [9.17, 15) is 0 Å². The van der Waals surface area contributed by atoms with E-state index in [1.807, 2.05) is 0 Å². The van der Waals surface area contributed by atoms with E-state index < -0.39 is 0 Å². The highest BCUT2D eigenvalue weighted by Gasteiger charge is 2.16. The lowest BCUT2D eigenvalue weighted by atomic mass is 9.83. The van der Waals surface area contributed by atoms with Crippen LogP contribution >= 0.6 is 0 Å². The molecule has 0 aliphatic rings. The normalized spacial score (nSPS) is 14.1. The Labute approximate surface area is 126 Å². The van der Waals surface area contributed by atoms with Crippen LogP contribution in [0.4, 0.5) is 0 Å². The first-order valence-electron chi connectivity index (χ1n) is 8.02. The van der Waals surface area contributed by atoms with Gasteiger partial charge < -0.3 is 0 Å².